The molecule has 5 nitrogen and oxygen atoms in total. The Morgan fingerprint density at radius 1 is 0.962 bits per heavy atom. The summed E-state index contributed by atoms with van der Waals surface area (Å²) in [5, 5.41) is 6.69. The summed E-state index contributed by atoms with van der Waals surface area (Å²) >= 11 is 6.16. The first-order valence-electron chi connectivity index (χ1n) is 8.17. The van der Waals surface area contributed by atoms with Crippen LogP contribution in [-0.2, 0) is 0 Å². The van der Waals surface area contributed by atoms with Gasteiger partial charge in [0.1, 0.15) is 17.3 Å². The predicted molar refractivity (Wildman–Crippen MR) is 105 cm³/mol. The molecule has 2 aromatic carbocycles. The van der Waals surface area contributed by atoms with Gasteiger partial charge < -0.3 is 10.6 Å². The van der Waals surface area contributed by atoms with Gasteiger partial charge in [-0.2, -0.15) is 0 Å². The van der Waals surface area contributed by atoms with Crippen molar-refractivity contribution in [2.45, 2.75) is 20.8 Å². The van der Waals surface area contributed by atoms with E-state index in [1.165, 1.54) is 0 Å². The van der Waals surface area contributed by atoms with Crippen LogP contribution in [0.5, 0.6) is 0 Å². The second kappa shape index (κ2) is 7.54. The lowest BCUT2D eigenvalue weighted by molar-refractivity contribution is 0.102. The lowest BCUT2D eigenvalue weighted by atomic mass is 10.2. The second-order valence-electron chi connectivity index (χ2n) is 6.10. The molecule has 0 aliphatic carbocycles. The number of aryl methyl sites for hydroxylation is 3. The third-order valence-electron chi connectivity index (χ3n) is 3.79. The summed E-state index contributed by atoms with van der Waals surface area (Å²) in [7, 11) is 0. The third-order valence-corrected chi connectivity index (χ3v) is 4.20. The summed E-state index contributed by atoms with van der Waals surface area (Å²) in [5.41, 5.74) is 3.88. The number of aromatic nitrogens is 2. The van der Waals surface area contributed by atoms with Gasteiger partial charge in [0.25, 0.3) is 5.91 Å². The highest BCUT2D eigenvalue weighted by Gasteiger charge is 2.11. The maximum absolute atomic E-state index is 12.5. The van der Waals surface area contributed by atoms with Crippen LogP contribution >= 0.6 is 11.6 Å². The Kier molecular flexibility index (Phi) is 5.19. The Labute approximate surface area is 157 Å². The lowest BCUT2D eigenvalue weighted by Crippen LogP contribution is -2.15. The number of hydrogen-bond acceptors (Lipinski definition) is 4. The van der Waals surface area contributed by atoms with E-state index in [1.807, 2.05) is 56.3 Å². The van der Waals surface area contributed by atoms with E-state index in [1.54, 1.807) is 13.0 Å². The zero-order valence-electron chi connectivity index (χ0n) is 14.8. The Morgan fingerprint density at radius 3 is 2.50 bits per heavy atom. The normalized spacial score (nSPS) is 10.5. The van der Waals surface area contributed by atoms with E-state index in [9.17, 15) is 4.79 Å². The summed E-state index contributed by atoms with van der Waals surface area (Å²) in [4.78, 5) is 21.1. The maximum atomic E-state index is 12.5. The fourth-order valence-corrected chi connectivity index (χ4v) is 2.67. The predicted octanol–water partition coefficient (Wildman–Crippen LogP) is 5.05. The van der Waals surface area contributed by atoms with Gasteiger partial charge in [-0.15, -0.1) is 0 Å². The quantitative estimate of drug-likeness (QED) is 0.678. The van der Waals surface area contributed by atoms with Crippen molar-refractivity contribution in [1.29, 1.82) is 0 Å². The van der Waals surface area contributed by atoms with E-state index in [4.69, 9.17) is 11.6 Å². The van der Waals surface area contributed by atoms with Crippen LogP contribution in [-0.4, -0.2) is 15.9 Å². The molecule has 0 aliphatic heterocycles. The van der Waals surface area contributed by atoms with Crippen LogP contribution in [0.1, 0.15) is 27.4 Å². The first-order chi connectivity index (χ1) is 12.4. The minimum Gasteiger partial charge on any atom is -0.340 e. The van der Waals surface area contributed by atoms with Gasteiger partial charge in [0, 0.05) is 22.5 Å². The van der Waals surface area contributed by atoms with E-state index in [2.05, 4.69) is 20.6 Å². The van der Waals surface area contributed by atoms with Crippen LogP contribution in [0, 0.1) is 20.8 Å². The smallest absolute Gasteiger partial charge is 0.274 e. The molecule has 0 bridgehead atoms. The zero-order chi connectivity index (χ0) is 18.7. The van der Waals surface area contributed by atoms with E-state index < -0.39 is 0 Å². The second-order valence-corrected chi connectivity index (χ2v) is 6.51. The Hall–Kier alpha value is -2.92. The molecule has 6 heteroatoms. The van der Waals surface area contributed by atoms with Crippen molar-refractivity contribution < 1.29 is 4.79 Å². The van der Waals surface area contributed by atoms with Crippen molar-refractivity contribution in [3.8, 4) is 0 Å². The molecule has 0 saturated heterocycles. The van der Waals surface area contributed by atoms with Crippen molar-refractivity contribution in [1.82, 2.24) is 9.97 Å². The summed E-state index contributed by atoms with van der Waals surface area (Å²) in [6, 6.07) is 14.9. The largest absolute Gasteiger partial charge is 0.340 e. The molecule has 2 N–H and O–H groups in total. The molecule has 0 unspecified atom stereocenters. The number of benzene rings is 2. The molecular formula is C20H19ClN4O. The highest BCUT2D eigenvalue weighted by Crippen LogP contribution is 2.23. The number of carbonyl (C=O) groups is 1. The molecule has 1 heterocycles. The molecule has 132 valence electrons. The Morgan fingerprint density at radius 2 is 1.77 bits per heavy atom. The van der Waals surface area contributed by atoms with Gasteiger partial charge in [0.05, 0.1) is 0 Å². The van der Waals surface area contributed by atoms with Gasteiger partial charge in [-0.1, -0.05) is 29.8 Å². The van der Waals surface area contributed by atoms with Gasteiger partial charge in [-0.05, 0) is 56.2 Å². The van der Waals surface area contributed by atoms with Crippen molar-refractivity contribution >= 4 is 34.7 Å². The van der Waals surface area contributed by atoms with Gasteiger partial charge in [0.2, 0.25) is 0 Å². The van der Waals surface area contributed by atoms with Crippen LogP contribution in [0.3, 0.4) is 0 Å². The van der Waals surface area contributed by atoms with E-state index in [0.29, 0.717) is 22.4 Å². The van der Waals surface area contributed by atoms with Gasteiger partial charge >= 0.3 is 0 Å². The molecule has 26 heavy (non-hydrogen) atoms. The number of anilines is 3. The number of hydrogen-bond donors (Lipinski definition) is 2. The Balaban J connectivity index is 1.82. The summed E-state index contributed by atoms with van der Waals surface area (Å²) < 4.78 is 0. The molecule has 1 aromatic heterocycles. The topological polar surface area (TPSA) is 66.9 Å². The van der Waals surface area contributed by atoms with Crippen molar-refractivity contribution in [2.75, 3.05) is 10.6 Å². The monoisotopic (exact) mass is 366 g/mol. The number of carbonyl (C=O) groups excluding carboxylic acids is 1. The summed E-state index contributed by atoms with van der Waals surface area (Å²) in [6.07, 6.45) is 0. The van der Waals surface area contributed by atoms with Crippen LogP contribution < -0.4 is 10.6 Å². The molecule has 1 amide bonds. The Bertz CT molecular complexity index is 972. The fraction of sp³-hybridized carbons (Fsp3) is 0.150. The van der Waals surface area contributed by atoms with Gasteiger partial charge in [0.15, 0.2) is 0 Å². The number of nitrogens with one attached hydrogen (secondary N) is 2. The molecule has 0 radical (unpaired) electrons. The molecule has 0 spiro atoms. The first-order valence-corrected chi connectivity index (χ1v) is 8.55. The zero-order valence-corrected chi connectivity index (χ0v) is 15.6. The SMILES string of the molecule is Cc1cccc(NC(=O)c2cc(Nc3ccc(C)c(Cl)c3)nc(C)n2)c1. The van der Waals surface area contributed by atoms with Crippen molar-refractivity contribution in [3.63, 3.8) is 0 Å². The minimum atomic E-state index is -0.286. The number of amides is 1. The van der Waals surface area contributed by atoms with Gasteiger partial charge in [-0.3, -0.25) is 4.79 Å². The number of halogens is 1. The number of rotatable bonds is 4. The summed E-state index contributed by atoms with van der Waals surface area (Å²) in [6.45, 7) is 5.66. The van der Waals surface area contributed by atoms with E-state index in [0.717, 1.165) is 22.5 Å². The van der Waals surface area contributed by atoms with E-state index in [-0.39, 0.29) is 5.91 Å². The molecule has 3 rings (SSSR count). The minimum absolute atomic E-state index is 0.286. The van der Waals surface area contributed by atoms with Crippen LogP contribution in [0.25, 0.3) is 0 Å². The van der Waals surface area contributed by atoms with Crippen LogP contribution in [0.2, 0.25) is 5.02 Å². The lowest BCUT2D eigenvalue weighted by Gasteiger charge is -2.10. The number of nitrogens with zero attached hydrogens (tertiary/aromatic N) is 2. The van der Waals surface area contributed by atoms with Gasteiger partial charge in [-0.25, -0.2) is 9.97 Å². The highest BCUT2D eigenvalue weighted by atomic mass is 35.5. The molecular weight excluding hydrogens is 348 g/mol. The molecule has 3 aromatic rings. The van der Waals surface area contributed by atoms with Crippen molar-refractivity contribution in [3.05, 3.63) is 76.2 Å². The molecule has 0 fully saturated rings. The van der Waals surface area contributed by atoms with Crippen LogP contribution in [0.4, 0.5) is 17.2 Å². The maximum Gasteiger partial charge on any atom is 0.274 e. The molecule has 0 atom stereocenters. The highest BCUT2D eigenvalue weighted by molar-refractivity contribution is 6.31. The third kappa shape index (κ3) is 4.37. The molecule has 0 saturated carbocycles. The standard InChI is InChI=1S/C20H19ClN4O/c1-12-5-4-6-15(9-12)25-20(26)18-11-19(23-14(3)22-18)24-16-8-7-13(2)17(21)10-16/h4-11H,1-3H3,(H,25,26)(H,22,23,24). The average molecular weight is 367 g/mol. The van der Waals surface area contributed by atoms with E-state index >= 15 is 0 Å². The first kappa shape index (κ1) is 17.9. The summed E-state index contributed by atoms with van der Waals surface area (Å²) in [5.74, 6) is 0.750. The van der Waals surface area contributed by atoms with Crippen LogP contribution in [0.15, 0.2) is 48.5 Å². The fourth-order valence-electron chi connectivity index (χ4n) is 2.48. The van der Waals surface area contributed by atoms with Crippen molar-refractivity contribution in [2.24, 2.45) is 0 Å². The molecule has 0 aliphatic rings. The average Bonchev–Trinajstić information content (AvgIpc) is 2.58.